The number of hydrogen-bond donors (Lipinski definition) is 1. The van der Waals surface area contributed by atoms with Crippen molar-refractivity contribution in [3.63, 3.8) is 0 Å². The third-order valence-electron chi connectivity index (χ3n) is 2.79. The van der Waals surface area contributed by atoms with Crippen molar-refractivity contribution in [1.82, 2.24) is 4.98 Å². The Hall–Kier alpha value is -1.27. The van der Waals surface area contributed by atoms with Crippen LogP contribution in [0.15, 0.2) is 17.3 Å². The molecule has 0 radical (unpaired) electrons. The predicted octanol–water partition coefficient (Wildman–Crippen LogP) is 1.72. The fourth-order valence-corrected chi connectivity index (χ4v) is 2.81. The molecular weight excluding hydrogens is 252 g/mol. The molecule has 1 aromatic rings. The third kappa shape index (κ3) is 2.94. The molecule has 1 aliphatic heterocycles. The van der Waals surface area contributed by atoms with E-state index in [0.717, 1.165) is 25.2 Å². The minimum Gasteiger partial charge on any atom is -0.465 e. The Balaban J connectivity index is 2.05. The first-order chi connectivity index (χ1) is 8.72. The lowest BCUT2D eigenvalue weighted by molar-refractivity contribution is 0.0601. The fourth-order valence-electron chi connectivity index (χ4n) is 1.80. The highest BCUT2D eigenvalue weighted by Crippen LogP contribution is 2.28. The van der Waals surface area contributed by atoms with E-state index in [1.165, 1.54) is 18.9 Å². The predicted molar refractivity (Wildman–Crippen MR) is 69.7 cm³/mol. The Labute approximate surface area is 110 Å². The van der Waals surface area contributed by atoms with Gasteiger partial charge in [-0.05, 0) is 18.9 Å². The number of pyridine rings is 1. The van der Waals surface area contributed by atoms with Gasteiger partial charge in [0, 0.05) is 18.6 Å². The van der Waals surface area contributed by atoms with Crippen LogP contribution in [0, 0.1) is 0 Å². The summed E-state index contributed by atoms with van der Waals surface area (Å²) in [5, 5.41) is 0.661. The quantitative estimate of drug-likeness (QED) is 0.662. The number of nitrogens with two attached hydrogens (primary N) is 1. The van der Waals surface area contributed by atoms with E-state index in [1.54, 1.807) is 12.3 Å². The summed E-state index contributed by atoms with van der Waals surface area (Å²) in [6.07, 6.45) is 4.01. The summed E-state index contributed by atoms with van der Waals surface area (Å²) in [4.78, 5) is 15.7. The van der Waals surface area contributed by atoms with Crippen molar-refractivity contribution >= 4 is 23.4 Å². The highest BCUT2D eigenvalue weighted by atomic mass is 32.2. The molecule has 0 amide bonds. The molecule has 1 unspecified atom stereocenters. The van der Waals surface area contributed by atoms with Gasteiger partial charge in [0.2, 0.25) is 0 Å². The van der Waals surface area contributed by atoms with Gasteiger partial charge < -0.3 is 15.2 Å². The zero-order valence-corrected chi connectivity index (χ0v) is 11.0. The van der Waals surface area contributed by atoms with E-state index in [1.807, 2.05) is 0 Å². The number of carbonyl (C=O) groups excluding carboxylic acids is 1. The van der Waals surface area contributed by atoms with Gasteiger partial charge in [-0.25, -0.2) is 9.78 Å². The molecule has 1 fully saturated rings. The average molecular weight is 268 g/mol. The Bertz CT molecular complexity index is 433. The lowest BCUT2D eigenvalue weighted by atomic mass is 10.2. The Morgan fingerprint density at radius 2 is 2.56 bits per heavy atom. The van der Waals surface area contributed by atoms with Crippen LogP contribution in [0.25, 0.3) is 0 Å². The number of nitrogen functional groups attached to an aromatic ring is 1. The molecule has 0 bridgehead atoms. The molecule has 0 aliphatic carbocycles. The van der Waals surface area contributed by atoms with Gasteiger partial charge >= 0.3 is 5.97 Å². The van der Waals surface area contributed by atoms with E-state index in [4.69, 9.17) is 10.5 Å². The van der Waals surface area contributed by atoms with E-state index in [0.29, 0.717) is 16.3 Å². The molecule has 2 rings (SSSR count). The Morgan fingerprint density at radius 3 is 3.22 bits per heavy atom. The zero-order chi connectivity index (χ0) is 13.0. The van der Waals surface area contributed by atoms with Crippen LogP contribution in [-0.4, -0.2) is 36.5 Å². The lowest BCUT2D eigenvalue weighted by Crippen LogP contribution is -2.10. The molecule has 98 valence electrons. The third-order valence-corrected chi connectivity index (χ3v) is 3.93. The number of thioether (sulfide) groups is 1. The summed E-state index contributed by atoms with van der Waals surface area (Å²) in [6, 6.07) is 1.57. The van der Waals surface area contributed by atoms with E-state index in [2.05, 4.69) is 9.72 Å². The van der Waals surface area contributed by atoms with Crippen LogP contribution in [0.3, 0.4) is 0 Å². The molecule has 2 heterocycles. The largest absolute Gasteiger partial charge is 0.465 e. The van der Waals surface area contributed by atoms with Crippen molar-refractivity contribution in [2.45, 2.75) is 24.0 Å². The van der Waals surface area contributed by atoms with Crippen molar-refractivity contribution in [2.75, 3.05) is 25.2 Å². The molecular formula is C12H16N2O3S. The number of rotatable bonds is 4. The van der Waals surface area contributed by atoms with Gasteiger partial charge in [-0.3, -0.25) is 0 Å². The maximum absolute atomic E-state index is 11.5. The number of hydrogen-bond acceptors (Lipinski definition) is 6. The fraction of sp³-hybridized carbons (Fsp3) is 0.500. The van der Waals surface area contributed by atoms with Crippen LogP contribution in [-0.2, 0) is 9.47 Å². The maximum Gasteiger partial charge on any atom is 0.340 e. The molecule has 0 saturated carbocycles. The topological polar surface area (TPSA) is 74.4 Å². The molecule has 1 aromatic heterocycles. The van der Waals surface area contributed by atoms with Gasteiger partial charge in [-0.1, -0.05) is 0 Å². The molecule has 1 saturated heterocycles. The standard InChI is InChI=1S/C12H16N2O3S/c1-16-12(15)9-4-5-14-11(10(9)13)18-7-8-3-2-6-17-8/h4-5,8H,2-3,6-7,13H2,1H3. The Kier molecular flexibility index (Phi) is 4.43. The van der Waals surface area contributed by atoms with Gasteiger partial charge in [0.15, 0.2) is 0 Å². The van der Waals surface area contributed by atoms with Crippen LogP contribution >= 0.6 is 11.8 Å². The van der Waals surface area contributed by atoms with E-state index in [9.17, 15) is 4.79 Å². The van der Waals surface area contributed by atoms with Crippen molar-refractivity contribution in [2.24, 2.45) is 0 Å². The number of methoxy groups -OCH3 is 1. The minimum atomic E-state index is -0.436. The van der Waals surface area contributed by atoms with Crippen molar-refractivity contribution < 1.29 is 14.3 Å². The smallest absolute Gasteiger partial charge is 0.340 e. The number of ether oxygens (including phenoxy) is 2. The molecule has 0 aromatic carbocycles. The highest BCUT2D eigenvalue weighted by Gasteiger charge is 2.18. The summed E-state index contributed by atoms with van der Waals surface area (Å²) in [7, 11) is 1.33. The minimum absolute atomic E-state index is 0.262. The van der Waals surface area contributed by atoms with Gasteiger partial charge in [-0.2, -0.15) is 0 Å². The summed E-state index contributed by atoms with van der Waals surface area (Å²) in [5.74, 6) is 0.371. The Morgan fingerprint density at radius 1 is 1.72 bits per heavy atom. The second kappa shape index (κ2) is 6.06. The number of aromatic nitrogens is 1. The summed E-state index contributed by atoms with van der Waals surface area (Å²) in [5.41, 5.74) is 6.66. The normalized spacial score (nSPS) is 18.8. The lowest BCUT2D eigenvalue weighted by Gasteiger charge is -2.11. The van der Waals surface area contributed by atoms with Crippen LogP contribution in [0.5, 0.6) is 0 Å². The van der Waals surface area contributed by atoms with Crippen LogP contribution in [0.1, 0.15) is 23.2 Å². The average Bonchev–Trinajstić information content (AvgIpc) is 2.90. The van der Waals surface area contributed by atoms with Crippen LogP contribution < -0.4 is 5.73 Å². The second-order valence-corrected chi connectivity index (χ2v) is 5.02. The first-order valence-electron chi connectivity index (χ1n) is 5.79. The molecule has 1 atom stereocenters. The van der Waals surface area contributed by atoms with Gasteiger partial charge in [-0.15, -0.1) is 11.8 Å². The van der Waals surface area contributed by atoms with E-state index >= 15 is 0 Å². The van der Waals surface area contributed by atoms with Crippen molar-refractivity contribution in [1.29, 1.82) is 0 Å². The van der Waals surface area contributed by atoms with E-state index in [-0.39, 0.29) is 6.10 Å². The monoisotopic (exact) mass is 268 g/mol. The zero-order valence-electron chi connectivity index (χ0n) is 10.2. The maximum atomic E-state index is 11.5. The molecule has 1 aliphatic rings. The van der Waals surface area contributed by atoms with Gasteiger partial charge in [0.25, 0.3) is 0 Å². The second-order valence-electron chi connectivity index (χ2n) is 4.01. The van der Waals surface area contributed by atoms with Gasteiger partial charge in [0.05, 0.1) is 24.5 Å². The highest BCUT2D eigenvalue weighted by molar-refractivity contribution is 7.99. The first-order valence-corrected chi connectivity index (χ1v) is 6.78. The number of esters is 1. The van der Waals surface area contributed by atoms with Crippen molar-refractivity contribution in [3.8, 4) is 0 Å². The molecule has 6 heteroatoms. The summed E-state index contributed by atoms with van der Waals surface area (Å²) >= 11 is 1.52. The molecule has 0 spiro atoms. The van der Waals surface area contributed by atoms with Gasteiger partial charge in [0.1, 0.15) is 5.03 Å². The van der Waals surface area contributed by atoms with Crippen LogP contribution in [0.4, 0.5) is 5.69 Å². The van der Waals surface area contributed by atoms with E-state index < -0.39 is 5.97 Å². The van der Waals surface area contributed by atoms with Crippen LogP contribution in [0.2, 0.25) is 0 Å². The number of anilines is 1. The molecule has 5 nitrogen and oxygen atoms in total. The SMILES string of the molecule is COC(=O)c1ccnc(SCC2CCCO2)c1N. The number of nitrogens with zero attached hydrogens (tertiary/aromatic N) is 1. The molecule has 2 N–H and O–H groups in total. The molecule has 18 heavy (non-hydrogen) atoms. The number of carbonyl (C=O) groups is 1. The summed E-state index contributed by atoms with van der Waals surface area (Å²) in [6.45, 7) is 0.830. The summed E-state index contributed by atoms with van der Waals surface area (Å²) < 4.78 is 10.2. The van der Waals surface area contributed by atoms with Crippen molar-refractivity contribution in [3.05, 3.63) is 17.8 Å². The first kappa shape index (κ1) is 13.2.